The molecule has 2 rings (SSSR count). The van der Waals surface area contributed by atoms with Crippen molar-refractivity contribution in [1.29, 1.82) is 0 Å². The van der Waals surface area contributed by atoms with E-state index in [1.54, 1.807) is 13.2 Å². The van der Waals surface area contributed by atoms with Crippen LogP contribution in [0.2, 0.25) is 5.02 Å². The molecule has 0 fully saturated rings. The van der Waals surface area contributed by atoms with Crippen molar-refractivity contribution in [2.24, 2.45) is 0 Å². The predicted molar refractivity (Wildman–Crippen MR) is 89.3 cm³/mol. The summed E-state index contributed by atoms with van der Waals surface area (Å²) in [5, 5.41) is 7.70. The van der Waals surface area contributed by atoms with E-state index in [1.807, 2.05) is 31.4 Å². The molecule has 1 aromatic carbocycles. The number of methoxy groups -OCH3 is 1. The molecule has 0 bridgehead atoms. The second-order valence-corrected chi connectivity index (χ2v) is 5.31. The summed E-state index contributed by atoms with van der Waals surface area (Å²) >= 11 is 7.52. The van der Waals surface area contributed by atoms with E-state index in [-0.39, 0.29) is 0 Å². The van der Waals surface area contributed by atoms with Crippen LogP contribution in [-0.2, 0) is 0 Å². The van der Waals surface area contributed by atoms with Crippen LogP contribution in [-0.4, -0.2) is 29.9 Å². The van der Waals surface area contributed by atoms with Gasteiger partial charge in [-0.1, -0.05) is 23.4 Å². The smallest absolute Gasteiger partial charge is 0.191 e. The molecule has 0 aliphatic heterocycles. The van der Waals surface area contributed by atoms with Gasteiger partial charge in [0.05, 0.1) is 12.1 Å². The van der Waals surface area contributed by atoms with Gasteiger partial charge >= 0.3 is 0 Å². The van der Waals surface area contributed by atoms with E-state index < -0.39 is 0 Å². The first-order valence-electron chi connectivity index (χ1n) is 6.43. The van der Waals surface area contributed by atoms with Gasteiger partial charge in [-0.3, -0.25) is 0 Å². The monoisotopic (exact) mass is 324 g/mol. The number of hydrogen-bond acceptors (Lipinski definition) is 6. The maximum absolute atomic E-state index is 6.02. The first-order valence-corrected chi connectivity index (χ1v) is 8.04. The standard InChI is InChI=1S/C14H17ClN4OS/c1-4-16-12-8-13(19-14(18-12)21-3)17-9-5-6-10(15)11(7-9)20-2/h5-8H,4H2,1-3H3,(H2,16,17,18,19). The minimum atomic E-state index is 0.573. The highest BCUT2D eigenvalue weighted by molar-refractivity contribution is 7.98. The van der Waals surface area contributed by atoms with Gasteiger partial charge in [0.25, 0.3) is 0 Å². The van der Waals surface area contributed by atoms with E-state index in [1.165, 1.54) is 11.8 Å². The van der Waals surface area contributed by atoms with E-state index in [2.05, 4.69) is 20.6 Å². The van der Waals surface area contributed by atoms with Crippen molar-refractivity contribution in [1.82, 2.24) is 9.97 Å². The number of aromatic nitrogens is 2. The van der Waals surface area contributed by atoms with Crippen molar-refractivity contribution in [2.45, 2.75) is 12.1 Å². The number of anilines is 3. The lowest BCUT2D eigenvalue weighted by Crippen LogP contribution is -2.03. The lowest BCUT2D eigenvalue weighted by Gasteiger charge is -2.11. The quantitative estimate of drug-likeness (QED) is 0.618. The molecule has 0 atom stereocenters. The molecule has 0 aliphatic carbocycles. The summed E-state index contributed by atoms with van der Waals surface area (Å²) < 4.78 is 5.21. The molecule has 0 radical (unpaired) electrons. The Morgan fingerprint density at radius 2 is 2.00 bits per heavy atom. The average molecular weight is 325 g/mol. The summed E-state index contributed by atoms with van der Waals surface area (Å²) in [5.74, 6) is 2.13. The lowest BCUT2D eigenvalue weighted by atomic mass is 10.3. The fourth-order valence-electron chi connectivity index (χ4n) is 1.74. The number of halogens is 1. The summed E-state index contributed by atoms with van der Waals surface area (Å²) in [7, 11) is 1.59. The van der Waals surface area contributed by atoms with Crippen molar-refractivity contribution >= 4 is 40.7 Å². The van der Waals surface area contributed by atoms with Gasteiger partial charge in [-0.05, 0) is 25.3 Å². The van der Waals surface area contributed by atoms with Crippen LogP contribution in [0.4, 0.5) is 17.3 Å². The van der Waals surface area contributed by atoms with Crippen molar-refractivity contribution in [3.05, 3.63) is 29.3 Å². The number of hydrogen-bond donors (Lipinski definition) is 2. The molecule has 0 unspecified atom stereocenters. The molecular formula is C14H17ClN4OS. The lowest BCUT2D eigenvalue weighted by molar-refractivity contribution is 0.415. The zero-order chi connectivity index (χ0) is 15.2. The van der Waals surface area contributed by atoms with Crippen LogP contribution in [0.25, 0.3) is 0 Å². The Hall–Kier alpha value is -1.66. The Labute approximate surface area is 133 Å². The maximum Gasteiger partial charge on any atom is 0.191 e. The van der Waals surface area contributed by atoms with Gasteiger partial charge in [0, 0.05) is 24.4 Å². The number of nitrogens with zero attached hydrogens (tertiary/aromatic N) is 2. The minimum absolute atomic E-state index is 0.573. The second-order valence-electron chi connectivity index (χ2n) is 4.13. The van der Waals surface area contributed by atoms with Gasteiger partial charge in [-0.25, -0.2) is 9.97 Å². The molecule has 0 saturated carbocycles. The van der Waals surface area contributed by atoms with Crippen LogP contribution in [0.5, 0.6) is 5.75 Å². The first kappa shape index (κ1) is 15.7. The zero-order valence-electron chi connectivity index (χ0n) is 12.1. The molecule has 2 N–H and O–H groups in total. The van der Waals surface area contributed by atoms with Gasteiger partial charge < -0.3 is 15.4 Å². The summed E-state index contributed by atoms with van der Waals surface area (Å²) in [5.41, 5.74) is 0.851. The molecule has 0 aliphatic rings. The molecule has 112 valence electrons. The molecule has 2 aromatic rings. The number of ether oxygens (including phenoxy) is 1. The van der Waals surface area contributed by atoms with Gasteiger partial charge in [0.1, 0.15) is 17.4 Å². The molecule has 1 heterocycles. The molecule has 21 heavy (non-hydrogen) atoms. The normalized spacial score (nSPS) is 10.3. The van der Waals surface area contributed by atoms with Crippen molar-refractivity contribution in [3.63, 3.8) is 0 Å². The fourth-order valence-corrected chi connectivity index (χ4v) is 2.31. The van der Waals surface area contributed by atoms with Crippen LogP contribution in [0.15, 0.2) is 29.4 Å². The van der Waals surface area contributed by atoms with Crippen molar-refractivity contribution in [3.8, 4) is 5.75 Å². The Bertz CT molecular complexity index is 624. The Morgan fingerprint density at radius 1 is 1.24 bits per heavy atom. The second kappa shape index (κ2) is 7.38. The van der Waals surface area contributed by atoms with Gasteiger partial charge in [0.2, 0.25) is 0 Å². The summed E-state index contributed by atoms with van der Waals surface area (Å²) in [6.07, 6.45) is 1.94. The van der Waals surface area contributed by atoms with E-state index >= 15 is 0 Å². The number of benzene rings is 1. The number of rotatable bonds is 6. The van der Waals surface area contributed by atoms with Crippen LogP contribution in [0.3, 0.4) is 0 Å². The van der Waals surface area contributed by atoms with Crippen LogP contribution >= 0.6 is 23.4 Å². The first-order chi connectivity index (χ1) is 10.2. The average Bonchev–Trinajstić information content (AvgIpc) is 2.49. The predicted octanol–water partition coefficient (Wildman–Crippen LogP) is 4.04. The number of nitrogens with one attached hydrogen (secondary N) is 2. The maximum atomic E-state index is 6.02. The Kier molecular flexibility index (Phi) is 5.52. The van der Waals surface area contributed by atoms with E-state index in [0.29, 0.717) is 15.9 Å². The molecule has 0 saturated heterocycles. The molecule has 0 spiro atoms. The highest BCUT2D eigenvalue weighted by Crippen LogP contribution is 2.29. The van der Waals surface area contributed by atoms with Crippen LogP contribution in [0, 0.1) is 0 Å². The molecule has 5 nitrogen and oxygen atoms in total. The summed E-state index contributed by atoms with van der Waals surface area (Å²) in [4.78, 5) is 8.82. The van der Waals surface area contributed by atoms with Crippen molar-refractivity contribution in [2.75, 3.05) is 30.5 Å². The SMILES string of the molecule is CCNc1cc(Nc2ccc(Cl)c(OC)c2)nc(SC)n1. The third-order valence-corrected chi connectivity index (χ3v) is 3.53. The van der Waals surface area contributed by atoms with E-state index in [4.69, 9.17) is 16.3 Å². The highest BCUT2D eigenvalue weighted by Gasteiger charge is 2.06. The van der Waals surface area contributed by atoms with Crippen LogP contribution < -0.4 is 15.4 Å². The Balaban J connectivity index is 2.27. The molecular weight excluding hydrogens is 308 g/mol. The zero-order valence-corrected chi connectivity index (χ0v) is 13.7. The molecule has 7 heteroatoms. The largest absolute Gasteiger partial charge is 0.495 e. The van der Waals surface area contributed by atoms with Gasteiger partial charge in [-0.15, -0.1) is 0 Å². The highest BCUT2D eigenvalue weighted by atomic mass is 35.5. The third kappa shape index (κ3) is 4.15. The fraction of sp³-hybridized carbons (Fsp3) is 0.286. The van der Waals surface area contributed by atoms with Crippen molar-refractivity contribution < 1.29 is 4.74 Å². The summed E-state index contributed by atoms with van der Waals surface area (Å²) in [6, 6.07) is 7.35. The van der Waals surface area contributed by atoms with Crippen LogP contribution in [0.1, 0.15) is 6.92 Å². The van der Waals surface area contributed by atoms with E-state index in [0.717, 1.165) is 23.9 Å². The molecule has 0 amide bonds. The summed E-state index contributed by atoms with van der Waals surface area (Å²) in [6.45, 7) is 2.83. The minimum Gasteiger partial charge on any atom is -0.495 e. The van der Waals surface area contributed by atoms with E-state index in [9.17, 15) is 0 Å². The third-order valence-electron chi connectivity index (χ3n) is 2.67. The number of thioether (sulfide) groups is 1. The molecule has 1 aromatic heterocycles. The topological polar surface area (TPSA) is 59.1 Å². The Morgan fingerprint density at radius 3 is 2.67 bits per heavy atom. The van der Waals surface area contributed by atoms with Gasteiger partial charge in [0.15, 0.2) is 5.16 Å². The van der Waals surface area contributed by atoms with Gasteiger partial charge in [-0.2, -0.15) is 0 Å².